The second kappa shape index (κ2) is 7.76. The fourth-order valence-corrected chi connectivity index (χ4v) is 6.35. The highest BCUT2D eigenvalue weighted by Crippen LogP contribution is 2.41. The predicted octanol–water partition coefficient (Wildman–Crippen LogP) is 2.40. The summed E-state index contributed by atoms with van der Waals surface area (Å²) < 4.78 is 0. The van der Waals surface area contributed by atoms with Crippen molar-refractivity contribution in [3.63, 3.8) is 0 Å². The summed E-state index contributed by atoms with van der Waals surface area (Å²) in [6, 6.07) is 1.11. The Morgan fingerprint density at radius 2 is 1.39 bits per heavy atom. The van der Waals surface area contributed by atoms with Gasteiger partial charge in [-0.25, -0.2) is 0 Å². The van der Waals surface area contributed by atoms with Gasteiger partial charge in [-0.3, -0.25) is 19.9 Å². The van der Waals surface area contributed by atoms with Crippen molar-refractivity contribution >= 4 is 27.3 Å². The van der Waals surface area contributed by atoms with Crippen LogP contribution in [-0.2, 0) is 0 Å². The minimum Gasteiger partial charge on any atom is -0.348 e. The zero-order valence-corrected chi connectivity index (χ0v) is 17.3. The molecule has 0 spiro atoms. The van der Waals surface area contributed by atoms with Crippen LogP contribution in [0.1, 0.15) is 38.5 Å². The van der Waals surface area contributed by atoms with Gasteiger partial charge in [0, 0.05) is 38.3 Å². The van der Waals surface area contributed by atoms with Crippen LogP contribution in [0, 0.1) is 10.1 Å². The van der Waals surface area contributed by atoms with Crippen LogP contribution in [0.5, 0.6) is 0 Å². The second-order valence-corrected chi connectivity index (χ2v) is 9.60. The predicted molar refractivity (Wildman–Crippen MR) is 112 cm³/mol. The van der Waals surface area contributed by atoms with Crippen molar-refractivity contribution < 1.29 is 4.92 Å². The van der Waals surface area contributed by atoms with Crippen LogP contribution in [0.15, 0.2) is 0 Å². The van der Waals surface area contributed by atoms with Crippen molar-refractivity contribution in [3.8, 4) is 0 Å². The fourth-order valence-electron chi connectivity index (χ4n) is 5.41. The van der Waals surface area contributed by atoms with E-state index in [2.05, 4.69) is 19.6 Å². The highest BCUT2D eigenvalue weighted by atomic mass is 32.1. The van der Waals surface area contributed by atoms with Crippen LogP contribution < -0.4 is 9.80 Å². The molecule has 1 aromatic rings. The van der Waals surface area contributed by atoms with Crippen LogP contribution in [0.3, 0.4) is 0 Å². The Morgan fingerprint density at radius 1 is 0.857 bits per heavy atom. The van der Waals surface area contributed by atoms with Crippen molar-refractivity contribution in [3.05, 3.63) is 10.1 Å². The Morgan fingerprint density at radius 3 is 1.96 bits per heavy atom. The van der Waals surface area contributed by atoms with Gasteiger partial charge in [-0.1, -0.05) is 0 Å². The molecule has 5 rings (SSSR count). The first kappa shape index (κ1) is 18.6. The molecule has 2 atom stereocenters. The molecule has 1 aromatic heterocycles. The molecule has 4 aliphatic heterocycles. The molecule has 0 radical (unpaired) electrons. The first-order chi connectivity index (χ1) is 13.7. The molecule has 0 aliphatic carbocycles. The van der Waals surface area contributed by atoms with Gasteiger partial charge in [0.2, 0.25) is 5.82 Å². The fraction of sp³-hybridized carbons (Fsp3) is 0.842. The van der Waals surface area contributed by atoms with E-state index in [-0.39, 0.29) is 9.92 Å². The van der Waals surface area contributed by atoms with Crippen LogP contribution in [-0.4, -0.2) is 84.1 Å². The van der Waals surface area contributed by atoms with Gasteiger partial charge in [0.05, 0.1) is 4.92 Å². The summed E-state index contributed by atoms with van der Waals surface area (Å²) in [5.74, 6) is 0.608. The molecule has 5 heterocycles. The number of hydrogen-bond acceptors (Lipinski definition) is 8. The Bertz CT molecular complexity index is 715. The van der Waals surface area contributed by atoms with E-state index in [4.69, 9.17) is 4.98 Å². The molecule has 4 saturated heterocycles. The van der Waals surface area contributed by atoms with E-state index in [1.165, 1.54) is 63.2 Å². The summed E-state index contributed by atoms with van der Waals surface area (Å²) >= 11 is 1.27. The van der Waals surface area contributed by atoms with Crippen LogP contribution in [0.25, 0.3) is 0 Å². The first-order valence-electron chi connectivity index (χ1n) is 10.8. The normalized spacial score (nSPS) is 29.4. The van der Waals surface area contributed by atoms with E-state index in [9.17, 15) is 10.1 Å². The monoisotopic (exact) mass is 406 g/mol. The highest BCUT2D eigenvalue weighted by molar-refractivity contribution is 7.19. The van der Waals surface area contributed by atoms with E-state index in [1.807, 2.05) is 0 Å². The van der Waals surface area contributed by atoms with Crippen LogP contribution in [0.2, 0.25) is 0 Å². The van der Waals surface area contributed by atoms with Gasteiger partial charge in [-0.2, -0.15) is 4.98 Å². The highest BCUT2D eigenvalue weighted by Gasteiger charge is 2.37. The summed E-state index contributed by atoms with van der Waals surface area (Å²) in [4.78, 5) is 25.9. The maximum absolute atomic E-state index is 11.7. The number of anilines is 2. The largest absolute Gasteiger partial charge is 0.369 e. The molecule has 4 aliphatic rings. The quantitative estimate of drug-likeness (QED) is 0.549. The summed E-state index contributed by atoms with van der Waals surface area (Å²) in [5.41, 5.74) is 0. The van der Waals surface area contributed by atoms with Gasteiger partial charge >= 0.3 is 5.00 Å². The summed E-state index contributed by atoms with van der Waals surface area (Å²) in [7, 11) is 0. The number of rotatable bonds is 5. The van der Waals surface area contributed by atoms with E-state index in [0.717, 1.165) is 44.2 Å². The lowest BCUT2D eigenvalue weighted by Crippen LogP contribution is -2.35. The maximum Gasteiger partial charge on any atom is 0.369 e. The lowest BCUT2D eigenvalue weighted by Gasteiger charge is -2.23. The van der Waals surface area contributed by atoms with Crippen LogP contribution in [0.4, 0.5) is 16.0 Å². The van der Waals surface area contributed by atoms with Gasteiger partial charge < -0.3 is 9.80 Å². The Kier molecular flexibility index (Phi) is 5.15. The lowest BCUT2D eigenvalue weighted by atomic mass is 10.2. The van der Waals surface area contributed by atoms with Crippen molar-refractivity contribution in [2.75, 3.05) is 62.2 Å². The second-order valence-electron chi connectivity index (χ2n) is 8.65. The zero-order chi connectivity index (χ0) is 19.1. The molecule has 0 bridgehead atoms. The number of aromatic nitrogens is 1. The Hall–Kier alpha value is -1.45. The average molecular weight is 407 g/mol. The van der Waals surface area contributed by atoms with Crippen molar-refractivity contribution in [2.24, 2.45) is 0 Å². The molecule has 9 heteroatoms. The van der Waals surface area contributed by atoms with Gasteiger partial charge in [0.1, 0.15) is 0 Å². The minimum absolute atomic E-state index is 0.224. The molecule has 4 fully saturated rings. The standard InChI is InChI=1S/C19H30N6O2S/c26-25(27)18-17(23-11-5-15(13-23)21-7-1-2-8-21)20-19(28-18)24-12-6-16(14-24)22-9-3-4-10-22/h15-16H,1-14H2. The number of likely N-dealkylation sites (tertiary alicyclic amines) is 2. The third kappa shape index (κ3) is 3.48. The molecule has 0 N–H and O–H groups in total. The molecular weight excluding hydrogens is 376 g/mol. The first-order valence-corrected chi connectivity index (χ1v) is 11.6. The number of thiazole rings is 1. The molecule has 0 aromatic carbocycles. The summed E-state index contributed by atoms with van der Waals surface area (Å²) in [6.45, 7) is 8.42. The average Bonchev–Trinajstić information content (AvgIpc) is 3.52. The Labute approximate surface area is 170 Å². The van der Waals surface area contributed by atoms with Crippen molar-refractivity contribution in [1.82, 2.24) is 14.8 Å². The lowest BCUT2D eigenvalue weighted by molar-refractivity contribution is -0.379. The molecule has 0 amide bonds. The third-order valence-corrected chi connectivity index (χ3v) is 8.01. The van der Waals surface area contributed by atoms with E-state index < -0.39 is 0 Å². The summed E-state index contributed by atoms with van der Waals surface area (Å²) in [6.07, 6.45) is 7.40. The van der Waals surface area contributed by atoms with Gasteiger partial charge in [0.25, 0.3) is 0 Å². The van der Waals surface area contributed by atoms with Gasteiger partial charge in [0.15, 0.2) is 5.13 Å². The number of nitro groups is 1. The molecule has 154 valence electrons. The maximum atomic E-state index is 11.7. The zero-order valence-electron chi connectivity index (χ0n) is 16.5. The Balaban J connectivity index is 1.30. The van der Waals surface area contributed by atoms with E-state index in [1.54, 1.807) is 0 Å². The van der Waals surface area contributed by atoms with Crippen LogP contribution >= 0.6 is 11.3 Å². The van der Waals surface area contributed by atoms with E-state index in [0.29, 0.717) is 17.9 Å². The minimum atomic E-state index is -0.228. The van der Waals surface area contributed by atoms with Crippen molar-refractivity contribution in [2.45, 2.75) is 50.6 Å². The molecule has 0 saturated carbocycles. The topological polar surface area (TPSA) is 69.0 Å². The third-order valence-electron chi connectivity index (χ3n) is 6.96. The molecular formula is C19H30N6O2S. The van der Waals surface area contributed by atoms with Gasteiger partial charge in [-0.15, -0.1) is 0 Å². The molecule has 28 heavy (non-hydrogen) atoms. The smallest absolute Gasteiger partial charge is 0.348 e. The molecule has 2 unspecified atom stereocenters. The number of nitrogens with zero attached hydrogens (tertiary/aromatic N) is 6. The van der Waals surface area contributed by atoms with Gasteiger partial charge in [-0.05, 0) is 76.0 Å². The van der Waals surface area contributed by atoms with Crippen molar-refractivity contribution in [1.29, 1.82) is 0 Å². The molecule has 8 nitrogen and oxygen atoms in total. The summed E-state index contributed by atoms with van der Waals surface area (Å²) in [5, 5.41) is 12.8. The number of hydrogen-bond donors (Lipinski definition) is 0. The SMILES string of the molecule is O=[N+]([O-])c1sc(N2CCC(N3CCCC3)C2)nc1N1CCC(N2CCCC2)C1. The van der Waals surface area contributed by atoms with E-state index >= 15 is 0 Å².